The van der Waals surface area contributed by atoms with Gasteiger partial charge in [0.25, 0.3) is 5.91 Å². The van der Waals surface area contributed by atoms with Crippen LogP contribution in [-0.4, -0.2) is 36.3 Å². The molecular formula is C23H31ClN2O4. The minimum absolute atomic E-state index is 0.130. The van der Waals surface area contributed by atoms with Gasteiger partial charge in [0.15, 0.2) is 18.1 Å². The van der Waals surface area contributed by atoms with Gasteiger partial charge in [-0.15, -0.1) is 0 Å². The minimum Gasteiger partial charge on any atom is -0.490 e. The van der Waals surface area contributed by atoms with Gasteiger partial charge in [-0.3, -0.25) is 4.79 Å². The fourth-order valence-electron chi connectivity index (χ4n) is 2.83. The summed E-state index contributed by atoms with van der Waals surface area (Å²) in [7, 11) is 0. The Morgan fingerprint density at radius 2 is 1.80 bits per heavy atom. The van der Waals surface area contributed by atoms with Gasteiger partial charge in [-0.25, -0.2) is 0 Å². The van der Waals surface area contributed by atoms with Crippen LogP contribution >= 0.6 is 11.6 Å². The van der Waals surface area contributed by atoms with Crippen LogP contribution in [0.25, 0.3) is 0 Å². The van der Waals surface area contributed by atoms with Gasteiger partial charge in [0.05, 0.1) is 12.7 Å². The second-order valence-electron chi connectivity index (χ2n) is 7.97. The van der Waals surface area contributed by atoms with Gasteiger partial charge < -0.3 is 25.2 Å². The zero-order valence-corrected chi connectivity index (χ0v) is 18.8. The number of nitrogens with one attached hydrogen (secondary N) is 2. The van der Waals surface area contributed by atoms with Crippen LogP contribution in [0.4, 0.5) is 0 Å². The first kappa shape index (κ1) is 24.0. The highest BCUT2D eigenvalue weighted by Crippen LogP contribution is 2.33. The summed E-state index contributed by atoms with van der Waals surface area (Å²) in [5.41, 5.74) is 1.33. The highest BCUT2D eigenvalue weighted by atomic mass is 35.5. The third kappa shape index (κ3) is 7.86. The lowest BCUT2D eigenvalue weighted by Crippen LogP contribution is -2.43. The smallest absolute Gasteiger partial charge is 0.258 e. The monoisotopic (exact) mass is 434 g/mol. The summed E-state index contributed by atoms with van der Waals surface area (Å²) in [4.78, 5) is 12.0. The molecule has 3 N–H and O–H groups in total. The Hall–Kier alpha value is -2.28. The van der Waals surface area contributed by atoms with Crippen LogP contribution in [0.15, 0.2) is 42.5 Å². The van der Waals surface area contributed by atoms with E-state index < -0.39 is 6.10 Å². The maximum atomic E-state index is 12.0. The van der Waals surface area contributed by atoms with Gasteiger partial charge in [0.2, 0.25) is 0 Å². The summed E-state index contributed by atoms with van der Waals surface area (Å²) in [6.07, 6.45) is -0.611. The number of carbonyl (C=O) groups excluding carboxylic acids is 1. The Bertz CT molecular complexity index is 822. The molecule has 1 unspecified atom stereocenters. The second kappa shape index (κ2) is 11.2. The number of aliphatic hydroxyl groups is 1. The lowest BCUT2D eigenvalue weighted by Gasteiger charge is -2.21. The molecule has 0 saturated heterocycles. The number of rotatable bonds is 10. The number of hydrogen-bond donors (Lipinski definition) is 3. The molecule has 2 aromatic rings. The summed E-state index contributed by atoms with van der Waals surface area (Å²) < 4.78 is 11.3. The van der Waals surface area contributed by atoms with Crippen molar-refractivity contribution in [3.63, 3.8) is 0 Å². The molecule has 2 aromatic carbocycles. The van der Waals surface area contributed by atoms with E-state index >= 15 is 0 Å². The van der Waals surface area contributed by atoms with Crippen molar-refractivity contribution in [3.8, 4) is 11.5 Å². The van der Waals surface area contributed by atoms with E-state index in [4.69, 9.17) is 21.1 Å². The molecule has 0 spiro atoms. The zero-order chi connectivity index (χ0) is 22.1. The Kier molecular flexibility index (Phi) is 8.96. The minimum atomic E-state index is -0.611. The molecule has 0 aliphatic carbocycles. The first-order chi connectivity index (χ1) is 14.2. The number of aliphatic hydroxyl groups excluding tert-OH is 1. The lowest BCUT2D eigenvalue weighted by atomic mass is 10.1. The van der Waals surface area contributed by atoms with Crippen LogP contribution in [0.2, 0.25) is 5.02 Å². The summed E-state index contributed by atoms with van der Waals surface area (Å²) >= 11 is 6.42. The normalized spacial score (nSPS) is 12.3. The van der Waals surface area contributed by atoms with Crippen molar-refractivity contribution < 1.29 is 19.4 Å². The third-order valence-electron chi connectivity index (χ3n) is 4.12. The fraction of sp³-hybridized carbons (Fsp3) is 0.435. The molecule has 164 valence electrons. The van der Waals surface area contributed by atoms with Crippen molar-refractivity contribution in [2.75, 3.05) is 19.8 Å². The van der Waals surface area contributed by atoms with Crippen molar-refractivity contribution in [1.29, 1.82) is 0 Å². The van der Waals surface area contributed by atoms with Crippen LogP contribution in [0.1, 0.15) is 44.9 Å². The fourth-order valence-corrected chi connectivity index (χ4v) is 3.05. The van der Waals surface area contributed by atoms with E-state index in [0.29, 0.717) is 36.2 Å². The number of amides is 1. The maximum absolute atomic E-state index is 12.0. The Balaban J connectivity index is 2.00. The molecule has 0 aromatic heterocycles. The molecular weight excluding hydrogens is 404 g/mol. The van der Waals surface area contributed by atoms with Crippen LogP contribution < -0.4 is 20.1 Å². The van der Waals surface area contributed by atoms with Crippen LogP contribution in [0, 0.1) is 0 Å². The highest BCUT2D eigenvalue weighted by molar-refractivity contribution is 6.31. The third-order valence-corrected chi connectivity index (χ3v) is 4.48. The molecule has 1 amide bonds. The molecule has 0 aliphatic rings. The van der Waals surface area contributed by atoms with Crippen molar-refractivity contribution in [2.45, 2.75) is 45.9 Å². The van der Waals surface area contributed by atoms with Gasteiger partial charge in [-0.1, -0.05) is 41.9 Å². The summed E-state index contributed by atoms with van der Waals surface area (Å²) in [5, 5.41) is 16.8. The summed E-state index contributed by atoms with van der Waals surface area (Å²) in [5.74, 6) is 0.714. The average Bonchev–Trinajstić information content (AvgIpc) is 2.68. The average molecular weight is 435 g/mol. The molecule has 7 heteroatoms. The molecule has 6 nitrogen and oxygen atoms in total. The second-order valence-corrected chi connectivity index (χ2v) is 8.37. The Morgan fingerprint density at radius 1 is 1.13 bits per heavy atom. The van der Waals surface area contributed by atoms with Crippen LogP contribution in [0.5, 0.6) is 11.5 Å². The van der Waals surface area contributed by atoms with E-state index in [1.807, 2.05) is 58.0 Å². The van der Waals surface area contributed by atoms with E-state index in [-0.39, 0.29) is 18.1 Å². The zero-order valence-electron chi connectivity index (χ0n) is 18.0. The van der Waals surface area contributed by atoms with Gasteiger partial charge in [-0.2, -0.15) is 0 Å². The summed E-state index contributed by atoms with van der Waals surface area (Å²) in [6, 6.07) is 12.9. The van der Waals surface area contributed by atoms with Gasteiger partial charge >= 0.3 is 0 Å². The van der Waals surface area contributed by atoms with Crippen LogP contribution in [-0.2, 0) is 11.3 Å². The molecule has 1 atom stereocenters. The number of hydrogen-bond acceptors (Lipinski definition) is 5. The molecule has 0 heterocycles. The topological polar surface area (TPSA) is 79.8 Å². The summed E-state index contributed by atoms with van der Waals surface area (Å²) in [6.45, 7) is 8.75. The van der Waals surface area contributed by atoms with Crippen molar-refractivity contribution in [3.05, 3.63) is 58.6 Å². The van der Waals surface area contributed by atoms with Gasteiger partial charge in [0, 0.05) is 29.7 Å². The predicted molar refractivity (Wildman–Crippen MR) is 119 cm³/mol. The molecule has 30 heavy (non-hydrogen) atoms. The molecule has 2 rings (SSSR count). The molecule has 0 saturated carbocycles. The number of carbonyl (C=O) groups is 1. The van der Waals surface area contributed by atoms with Crippen molar-refractivity contribution in [2.24, 2.45) is 0 Å². The SMILES string of the molecule is CCOc1cc(CNCC(O)c2ccccc2)c(Cl)cc1OCC(=O)NC(C)(C)C. The first-order valence-electron chi connectivity index (χ1n) is 10.0. The van der Waals surface area contributed by atoms with Gasteiger partial charge in [0.1, 0.15) is 0 Å². The Labute approximate surface area is 183 Å². The van der Waals surface area contributed by atoms with E-state index in [9.17, 15) is 9.90 Å². The maximum Gasteiger partial charge on any atom is 0.258 e. The van der Waals surface area contributed by atoms with Crippen molar-refractivity contribution >= 4 is 17.5 Å². The lowest BCUT2D eigenvalue weighted by molar-refractivity contribution is -0.124. The molecule has 0 bridgehead atoms. The van der Waals surface area contributed by atoms with E-state index in [0.717, 1.165) is 11.1 Å². The van der Waals surface area contributed by atoms with E-state index in [2.05, 4.69) is 10.6 Å². The predicted octanol–water partition coefficient (Wildman–Crippen LogP) is 3.86. The Morgan fingerprint density at radius 3 is 2.43 bits per heavy atom. The van der Waals surface area contributed by atoms with Gasteiger partial charge in [-0.05, 0) is 44.9 Å². The quantitative estimate of drug-likeness (QED) is 0.529. The number of benzene rings is 2. The molecule has 0 aliphatic heterocycles. The highest BCUT2D eigenvalue weighted by Gasteiger charge is 2.17. The van der Waals surface area contributed by atoms with Crippen molar-refractivity contribution in [1.82, 2.24) is 10.6 Å². The number of ether oxygens (including phenoxy) is 2. The van der Waals surface area contributed by atoms with Crippen LogP contribution in [0.3, 0.4) is 0 Å². The standard InChI is InChI=1S/C23H31ClN2O4/c1-5-29-20-11-17(13-25-14-19(27)16-9-7-6-8-10-16)18(24)12-21(20)30-15-22(28)26-23(2,3)4/h6-12,19,25,27H,5,13-15H2,1-4H3,(H,26,28). The molecule has 0 fully saturated rings. The number of halogens is 1. The molecule has 0 radical (unpaired) electrons. The van der Waals surface area contributed by atoms with E-state index in [1.54, 1.807) is 12.1 Å². The first-order valence-corrected chi connectivity index (χ1v) is 10.4. The van der Waals surface area contributed by atoms with E-state index in [1.165, 1.54) is 0 Å². The largest absolute Gasteiger partial charge is 0.490 e.